The lowest BCUT2D eigenvalue weighted by atomic mass is 10.1. The Balaban J connectivity index is 1.98. The van der Waals surface area contributed by atoms with Crippen molar-refractivity contribution in [1.29, 1.82) is 0 Å². The molecule has 0 bridgehead atoms. The minimum Gasteiger partial charge on any atom is -0.289 e. The summed E-state index contributed by atoms with van der Waals surface area (Å²) in [5.74, 6) is 3.74. The molecule has 2 aliphatic rings. The molecule has 0 amide bonds. The molecule has 2 fully saturated rings. The summed E-state index contributed by atoms with van der Waals surface area (Å²) >= 11 is 0. The first-order chi connectivity index (χ1) is 5.42. The fourth-order valence-corrected chi connectivity index (χ4v) is 2.65. The summed E-state index contributed by atoms with van der Waals surface area (Å²) in [7, 11) is 0. The molecule has 60 valence electrons. The average Bonchev–Trinajstić information content (AvgIpc) is 2.53. The normalized spacial score (nSPS) is 37.0. The Labute approximate surface area is 68.8 Å². The van der Waals surface area contributed by atoms with Gasteiger partial charge in [-0.25, -0.2) is 0 Å². The fourth-order valence-electron chi connectivity index (χ4n) is 2.65. The van der Waals surface area contributed by atoms with Crippen LogP contribution in [0.25, 0.3) is 0 Å². The van der Waals surface area contributed by atoms with Gasteiger partial charge < -0.3 is 0 Å². The summed E-state index contributed by atoms with van der Waals surface area (Å²) in [4.78, 5) is 2.48. The van der Waals surface area contributed by atoms with Gasteiger partial charge in [0.25, 0.3) is 0 Å². The Morgan fingerprint density at radius 3 is 3.09 bits per heavy atom. The van der Waals surface area contributed by atoms with Gasteiger partial charge in [-0.2, -0.15) is 0 Å². The maximum atomic E-state index is 5.30. The molecule has 0 N–H and O–H groups in total. The maximum absolute atomic E-state index is 5.30. The molecule has 1 nitrogen and oxygen atoms in total. The SMILES string of the molecule is C#CCN1CCC2CCCC21. The van der Waals surface area contributed by atoms with E-state index in [0.717, 1.165) is 18.5 Å². The highest BCUT2D eigenvalue weighted by Crippen LogP contribution is 2.37. The number of likely N-dealkylation sites (tertiary alicyclic amines) is 1. The van der Waals surface area contributed by atoms with Crippen LogP contribution in [-0.4, -0.2) is 24.0 Å². The Kier molecular flexibility index (Phi) is 1.87. The van der Waals surface area contributed by atoms with Crippen molar-refractivity contribution in [2.45, 2.75) is 31.7 Å². The Hall–Kier alpha value is -0.480. The van der Waals surface area contributed by atoms with E-state index in [2.05, 4.69) is 10.8 Å². The minimum absolute atomic E-state index is 0.853. The van der Waals surface area contributed by atoms with Gasteiger partial charge in [-0.3, -0.25) is 4.90 Å². The van der Waals surface area contributed by atoms with Crippen LogP contribution < -0.4 is 0 Å². The largest absolute Gasteiger partial charge is 0.289 e. The second-order valence-electron chi connectivity index (χ2n) is 3.72. The number of terminal acetylenes is 1. The van der Waals surface area contributed by atoms with Gasteiger partial charge in [0.1, 0.15) is 0 Å². The number of hydrogen-bond donors (Lipinski definition) is 0. The van der Waals surface area contributed by atoms with Crippen LogP contribution in [0.15, 0.2) is 0 Å². The number of nitrogens with zero attached hydrogens (tertiary/aromatic N) is 1. The van der Waals surface area contributed by atoms with E-state index in [1.165, 1.54) is 32.2 Å². The lowest BCUT2D eigenvalue weighted by Crippen LogP contribution is -2.30. The molecule has 1 saturated heterocycles. The molecule has 11 heavy (non-hydrogen) atoms. The Bertz CT molecular complexity index is 180. The first-order valence-electron chi connectivity index (χ1n) is 4.59. The van der Waals surface area contributed by atoms with Gasteiger partial charge in [-0.05, 0) is 31.7 Å². The Morgan fingerprint density at radius 1 is 1.36 bits per heavy atom. The van der Waals surface area contributed by atoms with Crippen LogP contribution in [0.2, 0.25) is 0 Å². The van der Waals surface area contributed by atoms with Gasteiger partial charge in [0.15, 0.2) is 0 Å². The predicted molar refractivity (Wildman–Crippen MR) is 46.2 cm³/mol. The minimum atomic E-state index is 0.853. The third kappa shape index (κ3) is 1.16. The maximum Gasteiger partial charge on any atom is 0.0601 e. The zero-order chi connectivity index (χ0) is 7.68. The van der Waals surface area contributed by atoms with Crippen molar-refractivity contribution < 1.29 is 0 Å². The lowest BCUT2D eigenvalue weighted by Gasteiger charge is -2.20. The standard InChI is InChI=1S/C10H15N/c1-2-7-11-8-6-9-4-3-5-10(9)11/h1,9-10H,3-8H2. The van der Waals surface area contributed by atoms with E-state index in [-0.39, 0.29) is 0 Å². The van der Waals surface area contributed by atoms with Crippen LogP contribution in [0.4, 0.5) is 0 Å². The van der Waals surface area contributed by atoms with Crippen LogP contribution >= 0.6 is 0 Å². The Morgan fingerprint density at radius 2 is 2.27 bits per heavy atom. The molecule has 0 aromatic heterocycles. The predicted octanol–water partition coefficient (Wildman–Crippen LogP) is 1.49. The summed E-state index contributed by atoms with van der Waals surface area (Å²) < 4.78 is 0. The molecule has 1 heteroatoms. The molecule has 1 aliphatic heterocycles. The van der Waals surface area contributed by atoms with Crippen LogP contribution in [0.5, 0.6) is 0 Å². The zero-order valence-electron chi connectivity index (χ0n) is 6.92. The zero-order valence-corrected chi connectivity index (χ0v) is 6.92. The van der Waals surface area contributed by atoms with Crippen molar-refractivity contribution in [2.24, 2.45) is 5.92 Å². The van der Waals surface area contributed by atoms with Gasteiger partial charge in [0, 0.05) is 6.04 Å². The molecule has 0 radical (unpaired) electrons. The highest BCUT2D eigenvalue weighted by atomic mass is 15.2. The van der Waals surface area contributed by atoms with E-state index < -0.39 is 0 Å². The smallest absolute Gasteiger partial charge is 0.0601 e. The van der Waals surface area contributed by atoms with Crippen LogP contribution in [0.3, 0.4) is 0 Å². The molecular weight excluding hydrogens is 134 g/mol. The van der Waals surface area contributed by atoms with E-state index in [1.807, 2.05) is 0 Å². The molecule has 1 heterocycles. The molecule has 1 saturated carbocycles. The summed E-state index contributed by atoms with van der Waals surface area (Å²) in [5, 5.41) is 0. The third-order valence-electron chi connectivity index (χ3n) is 3.17. The molecule has 1 aliphatic carbocycles. The average molecular weight is 149 g/mol. The van der Waals surface area contributed by atoms with E-state index in [1.54, 1.807) is 0 Å². The third-order valence-corrected chi connectivity index (χ3v) is 3.17. The molecule has 0 spiro atoms. The molecular formula is C10H15N. The highest BCUT2D eigenvalue weighted by Gasteiger charge is 2.36. The van der Waals surface area contributed by atoms with Crippen molar-refractivity contribution in [1.82, 2.24) is 4.90 Å². The van der Waals surface area contributed by atoms with E-state index in [0.29, 0.717) is 0 Å². The van der Waals surface area contributed by atoms with Crippen molar-refractivity contribution in [3.05, 3.63) is 0 Å². The van der Waals surface area contributed by atoms with E-state index in [4.69, 9.17) is 6.42 Å². The summed E-state index contributed by atoms with van der Waals surface area (Å²) in [6.07, 6.45) is 11.0. The quantitative estimate of drug-likeness (QED) is 0.511. The van der Waals surface area contributed by atoms with Crippen LogP contribution in [0.1, 0.15) is 25.7 Å². The molecule has 2 atom stereocenters. The van der Waals surface area contributed by atoms with E-state index >= 15 is 0 Å². The lowest BCUT2D eigenvalue weighted by molar-refractivity contribution is 0.270. The van der Waals surface area contributed by atoms with Crippen molar-refractivity contribution in [3.63, 3.8) is 0 Å². The van der Waals surface area contributed by atoms with Gasteiger partial charge in [-0.15, -0.1) is 6.42 Å². The topological polar surface area (TPSA) is 3.24 Å². The first-order valence-corrected chi connectivity index (χ1v) is 4.59. The van der Waals surface area contributed by atoms with Crippen molar-refractivity contribution in [2.75, 3.05) is 13.1 Å². The summed E-state index contributed by atoms with van der Waals surface area (Å²) in [5.41, 5.74) is 0. The highest BCUT2D eigenvalue weighted by molar-refractivity contribution is 4.97. The molecule has 0 aromatic carbocycles. The fraction of sp³-hybridized carbons (Fsp3) is 0.800. The van der Waals surface area contributed by atoms with Crippen molar-refractivity contribution in [3.8, 4) is 12.3 Å². The molecule has 0 aromatic rings. The summed E-state index contributed by atoms with van der Waals surface area (Å²) in [6, 6.07) is 0.853. The first kappa shape index (κ1) is 7.18. The number of rotatable bonds is 1. The van der Waals surface area contributed by atoms with Gasteiger partial charge >= 0.3 is 0 Å². The second-order valence-corrected chi connectivity index (χ2v) is 3.72. The second kappa shape index (κ2) is 2.87. The van der Waals surface area contributed by atoms with Crippen LogP contribution in [0, 0.1) is 18.3 Å². The van der Waals surface area contributed by atoms with Gasteiger partial charge in [0.2, 0.25) is 0 Å². The van der Waals surface area contributed by atoms with Crippen molar-refractivity contribution >= 4 is 0 Å². The van der Waals surface area contributed by atoms with Gasteiger partial charge in [0.05, 0.1) is 6.54 Å². The molecule has 2 rings (SSSR count). The molecule has 2 unspecified atom stereocenters. The number of fused-ring (bicyclic) bond motifs is 1. The van der Waals surface area contributed by atoms with Gasteiger partial charge in [-0.1, -0.05) is 12.3 Å². The van der Waals surface area contributed by atoms with Crippen LogP contribution in [-0.2, 0) is 0 Å². The van der Waals surface area contributed by atoms with E-state index in [9.17, 15) is 0 Å². The number of hydrogen-bond acceptors (Lipinski definition) is 1. The monoisotopic (exact) mass is 149 g/mol. The summed E-state index contributed by atoms with van der Waals surface area (Å²) in [6.45, 7) is 2.13.